The van der Waals surface area contributed by atoms with Crippen LogP contribution in [0.3, 0.4) is 0 Å². The fourth-order valence-electron chi connectivity index (χ4n) is 3.37. The number of nitrogens with zero attached hydrogens (tertiary/aromatic N) is 1. The molecule has 0 saturated carbocycles. The predicted molar refractivity (Wildman–Crippen MR) is 131 cm³/mol. The first-order valence-corrected chi connectivity index (χ1v) is 11.4. The van der Waals surface area contributed by atoms with Crippen molar-refractivity contribution in [2.75, 3.05) is 26.7 Å². The van der Waals surface area contributed by atoms with Gasteiger partial charge in [0.2, 0.25) is 5.91 Å². The summed E-state index contributed by atoms with van der Waals surface area (Å²) in [6.07, 6.45) is 2.62. The Bertz CT molecular complexity index is 899. The number of hydrogen-bond acceptors (Lipinski definition) is 4. The van der Waals surface area contributed by atoms with Gasteiger partial charge in [0.1, 0.15) is 6.61 Å². The Kier molecular flexibility index (Phi) is 10.7. The van der Waals surface area contributed by atoms with E-state index in [1.54, 1.807) is 19.2 Å². The molecule has 0 unspecified atom stereocenters. The summed E-state index contributed by atoms with van der Waals surface area (Å²) in [6.45, 7) is 3.61. The van der Waals surface area contributed by atoms with Gasteiger partial charge in [-0.3, -0.25) is 4.79 Å². The van der Waals surface area contributed by atoms with Crippen molar-refractivity contribution in [3.05, 3.63) is 56.0 Å². The minimum absolute atomic E-state index is 0. The zero-order valence-corrected chi connectivity index (χ0v) is 21.2. The molecule has 0 aromatic heterocycles. The predicted octanol–water partition coefficient (Wildman–Crippen LogP) is 5.87. The number of carbonyl (C=O) groups is 1. The van der Waals surface area contributed by atoms with Crippen LogP contribution in [-0.2, 0) is 17.9 Å². The first-order valence-electron chi connectivity index (χ1n) is 9.89. The number of ether oxygens (including phenoxy) is 2. The molecule has 2 aromatic carbocycles. The molecule has 0 radical (unpaired) electrons. The number of nitrogens with one attached hydrogen (secondary N) is 1. The minimum Gasteiger partial charge on any atom is -0.493 e. The normalized spacial score (nSPS) is 13.3. The van der Waals surface area contributed by atoms with E-state index >= 15 is 0 Å². The number of methoxy groups -OCH3 is 1. The fraction of sp³-hybridized carbons (Fsp3) is 0.409. The van der Waals surface area contributed by atoms with Gasteiger partial charge in [0.25, 0.3) is 0 Å². The quantitative estimate of drug-likeness (QED) is 0.375. The Labute approximate surface area is 207 Å². The van der Waals surface area contributed by atoms with Crippen LogP contribution in [0.2, 0.25) is 10.0 Å². The SMILES string of the molecule is COc1cc(CNCCCN2CCCC2=O)cc(Br)c1OCc1ccc(Cl)c(Cl)c1.Cl. The monoisotopic (exact) mass is 550 g/mol. The van der Waals surface area contributed by atoms with Crippen molar-refractivity contribution in [2.45, 2.75) is 32.4 Å². The number of rotatable bonds is 10. The van der Waals surface area contributed by atoms with Gasteiger partial charge in [-0.25, -0.2) is 0 Å². The molecule has 1 aliphatic heterocycles. The highest BCUT2D eigenvalue weighted by Gasteiger charge is 2.19. The Morgan fingerprint density at radius 3 is 2.65 bits per heavy atom. The van der Waals surface area contributed by atoms with E-state index in [0.717, 1.165) is 48.1 Å². The molecule has 1 amide bonds. The van der Waals surface area contributed by atoms with E-state index in [4.69, 9.17) is 32.7 Å². The summed E-state index contributed by atoms with van der Waals surface area (Å²) < 4.78 is 12.3. The zero-order valence-electron chi connectivity index (χ0n) is 17.3. The highest BCUT2D eigenvalue weighted by Crippen LogP contribution is 2.37. The molecule has 0 atom stereocenters. The van der Waals surface area contributed by atoms with E-state index in [0.29, 0.717) is 41.1 Å². The molecule has 5 nitrogen and oxygen atoms in total. The molecule has 170 valence electrons. The van der Waals surface area contributed by atoms with E-state index in [2.05, 4.69) is 21.2 Å². The Morgan fingerprint density at radius 2 is 1.97 bits per heavy atom. The van der Waals surface area contributed by atoms with Crippen LogP contribution in [0.4, 0.5) is 0 Å². The maximum Gasteiger partial charge on any atom is 0.222 e. The smallest absolute Gasteiger partial charge is 0.222 e. The number of amides is 1. The summed E-state index contributed by atoms with van der Waals surface area (Å²) in [4.78, 5) is 13.6. The van der Waals surface area contributed by atoms with Crippen LogP contribution in [0.15, 0.2) is 34.8 Å². The minimum atomic E-state index is 0. The van der Waals surface area contributed by atoms with Crippen molar-refractivity contribution in [1.82, 2.24) is 10.2 Å². The summed E-state index contributed by atoms with van der Waals surface area (Å²) in [5.41, 5.74) is 2.00. The molecule has 1 aliphatic rings. The van der Waals surface area contributed by atoms with E-state index in [-0.39, 0.29) is 18.3 Å². The van der Waals surface area contributed by atoms with Gasteiger partial charge in [-0.15, -0.1) is 12.4 Å². The van der Waals surface area contributed by atoms with Crippen molar-refractivity contribution < 1.29 is 14.3 Å². The van der Waals surface area contributed by atoms with Crippen LogP contribution in [0.5, 0.6) is 11.5 Å². The molecule has 9 heteroatoms. The third-order valence-electron chi connectivity index (χ3n) is 4.94. The molecule has 1 saturated heterocycles. The number of likely N-dealkylation sites (tertiary alicyclic amines) is 1. The Hall–Kier alpha value is -1.18. The summed E-state index contributed by atoms with van der Waals surface area (Å²) in [5.74, 6) is 1.57. The van der Waals surface area contributed by atoms with Crippen molar-refractivity contribution >= 4 is 57.4 Å². The third kappa shape index (κ3) is 7.43. The number of hydrogen-bond donors (Lipinski definition) is 1. The van der Waals surface area contributed by atoms with Crippen LogP contribution in [0.1, 0.15) is 30.4 Å². The van der Waals surface area contributed by atoms with Crippen molar-refractivity contribution in [2.24, 2.45) is 0 Å². The number of carbonyl (C=O) groups excluding carboxylic acids is 1. The summed E-state index contributed by atoms with van der Waals surface area (Å²) >= 11 is 15.6. The van der Waals surface area contributed by atoms with Crippen LogP contribution < -0.4 is 14.8 Å². The second-order valence-electron chi connectivity index (χ2n) is 7.16. The highest BCUT2D eigenvalue weighted by molar-refractivity contribution is 9.10. The van der Waals surface area contributed by atoms with Crippen molar-refractivity contribution in [3.63, 3.8) is 0 Å². The van der Waals surface area contributed by atoms with Gasteiger partial charge in [-0.2, -0.15) is 0 Å². The second kappa shape index (κ2) is 12.8. The lowest BCUT2D eigenvalue weighted by molar-refractivity contribution is -0.127. The molecule has 31 heavy (non-hydrogen) atoms. The molecular weight excluding hydrogens is 527 g/mol. The zero-order chi connectivity index (χ0) is 21.5. The average Bonchev–Trinajstić information content (AvgIpc) is 3.13. The van der Waals surface area contributed by atoms with Crippen LogP contribution in [-0.4, -0.2) is 37.6 Å². The highest BCUT2D eigenvalue weighted by atomic mass is 79.9. The third-order valence-corrected chi connectivity index (χ3v) is 6.27. The Morgan fingerprint density at radius 1 is 1.16 bits per heavy atom. The van der Waals surface area contributed by atoms with E-state index in [9.17, 15) is 4.79 Å². The molecule has 1 heterocycles. The molecule has 1 fully saturated rings. The summed E-state index contributed by atoms with van der Waals surface area (Å²) in [7, 11) is 1.62. The van der Waals surface area contributed by atoms with Gasteiger partial charge in [0.05, 0.1) is 21.6 Å². The van der Waals surface area contributed by atoms with E-state index < -0.39 is 0 Å². The first-order chi connectivity index (χ1) is 14.5. The maximum absolute atomic E-state index is 11.6. The molecule has 3 rings (SSSR count). The topological polar surface area (TPSA) is 50.8 Å². The van der Waals surface area contributed by atoms with Crippen LogP contribution in [0, 0.1) is 0 Å². The fourth-order valence-corrected chi connectivity index (χ4v) is 4.29. The lowest BCUT2D eigenvalue weighted by Gasteiger charge is -2.16. The lowest BCUT2D eigenvalue weighted by Crippen LogP contribution is -2.28. The van der Waals surface area contributed by atoms with Gasteiger partial charge < -0.3 is 19.7 Å². The molecule has 2 aromatic rings. The number of halogens is 4. The molecular formula is C22H26BrCl3N2O3. The summed E-state index contributed by atoms with van der Waals surface area (Å²) in [5, 5.41) is 4.44. The van der Waals surface area contributed by atoms with Crippen LogP contribution >= 0.6 is 51.5 Å². The second-order valence-corrected chi connectivity index (χ2v) is 8.83. The molecule has 1 N–H and O–H groups in total. The Balaban J connectivity index is 0.00000341. The van der Waals surface area contributed by atoms with E-state index in [1.807, 2.05) is 23.1 Å². The summed E-state index contributed by atoms with van der Waals surface area (Å²) in [6, 6.07) is 9.40. The van der Waals surface area contributed by atoms with Gasteiger partial charge in [0.15, 0.2) is 11.5 Å². The van der Waals surface area contributed by atoms with Crippen molar-refractivity contribution in [1.29, 1.82) is 0 Å². The van der Waals surface area contributed by atoms with Crippen molar-refractivity contribution in [3.8, 4) is 11.5 Å². The van der Waals surface area contributed by atoms with Gasteiger partial charge >= 0.3 is 0 Å². The maximum atomic E-state index is 11.6. The van der Waals surface area contributed by atoms with Gasteiger partial charge in [-0.05, 0) is 70.7 Å². The van der Waals surface area contributed by atoms with Gasteiger partial charge in [-0.1, -0.05) is 29.3 Å². The molecule has 0 spiro atoms. The van der Waals surface area contributed by atoms with E-state index in [1.165, 1.54) is 0 Å². The first kappa shape index (κ1) is 26.1. The van der Waals surface area contributed by atoms with Crippen LogP contribution in [0.25, 0.3) is 0 Å². The molecule has 0 bridgehead atoms. The average molecular weight is 553 g/mol. The standard InChI is InChI=1S/C22H25BrCl2N2O3.ClH/c1-29-20-12-16(13-26-7-3-9-27-8-2-4-21(27)28)10-17(23)22(20)30-14-15-5-6-18(24)19(25)11-15;/h5-6,10-12,26H,2-4,7-9,13-14H2,1H3;1H. The number of benzene rings is 2. The largest absolute Gasteiger partial charge is 0.493 e. The molecule has 0 aliphatic carbocycles. The lowest BCUT2D eigenvalue weighted by atomic mass is 10.2. The van der Waals surface area contributed by atoms with Gasteiger partial charge in [0, 0.05) is 26.1 Å².